The van der Waals surface area contributed by atoms with Gasteiger partial charge >= 0.3 is 0 Å². The lowest BCUT2D eigenvalue weighted by molar-refractivity contribution is 0.173. The summed E-state index contributed by atoms with van der Waals surface area (Å²) in [5.74, 6) is 1.24. The third kappa shape index (κ3) is 3.70. The Balaban J connectivity index is 2.34. The first-order valence-electron chi connectivity index (χ1n) is 6.39. The van der Waals surface area contributed by atoms with Gasteiger partial charge < -0.3 is 14.6 Å². The molecule has 0 fully saturated rings. The standard InChI is InChI=1S/C16H16BrClO3/c1-20-15-9-12(17)16(21-2)8-11(15)14(19)7-10-5-3-4-6-13(10)18/h3-6,8-9,14,19H,7H2,1-2H3. The Labute approximate surface area is 137 Å². The van der Waals surface area contributed by atoms with E-state index in [-0.39, 0.29) is 0 Å². The van der Waals surface area contributed by atoms with Gasteiger partial charge in [-0.2, -0.15) is 0 Å². The molecule has 1 atom stereocenters. The van der Waals surface area contributed by atoms with Crippen molar-refractivity contribution in [2.45, 2.75) is 12.5 Å². The highest BCUT2D eigenvalue weighted by Gasteiger charge is 2.18. The van der Waals surface area contributed by atoms with Crippen LogP contribution in [-0.4, -0.2) is 19.3 Å². The van der Waals surface area contributed by atoms with Gasteiger partial charge in [-0.25, -0.2) is 0 Å². The Bertz CT molecular complexity index is 631. The minimum atomic E-state index is -0.734. The first kappa shape index (κ1) is 16.1. The van der Waals surface area contributed by atoms with Gasteiger partial charge in [-0.3, -0.25) is 0 Å². The van der Waals surface area contributed by atoms with Gasteiger partial charge in [-0.15, -0.1) is 0 Å². The highest BCUT2D eigenvalue weighted by atomic mass is 79.9. The Morgan fingerprint density at radius 1 is 1.14 bits per heavy atom. The first-order chi connectivity index (χ1) is 10.1. The minimum absolute atomic E-state index is 0.404. The summed E-state index contributed by atoms with van der Waals surface area (Å²) in [6.45, 7) is 0. The van der Waals surface area contributed by atoms with Crippen molar-refractivity contribution in [3.8, 4) is 11.5 Å². The molecule has 0 aliphatic heterocycles. The van der Waals surface area contributed by atoms with Crippen LogP contribution >= 0.6 is 27.5 Å². The van der Waals surface area contributed by atoms with Crippen LogP contribution in [0.3, 0.4) is 0 Å². The molecule has 0 radical (unpaired) electrons. The molecule has 0 bridgehead atoms. The number of rotatable bonds is 5. The number of hydrogen-bond acceptors (Lipinski definition) is 3. The lowest BCUT2D eigenvalue weighted by Crippen LogP contribution is -2.05. The molecule has 0 aliphatic rings. The van der Waals surface area contributed by atoms with Gasteiger partial charge in [-0.1, -0.05) is 29.8 Å². The quantitative estimate of drug-likeness (QED) is 0.847. The Hall–Kier alpha value is -1.23. The average molecular weight is 372 g/mol. The van der Waals surface area contributed by atoms with Crippen molar-refractivity contribution in [3.05, 3.63) is 57.0 Å². The molecular formula is C16H16BrClO3. The number of benzene rings is 2. The zero-order valence-corrected chi connectivity index (χ0v) is 14.1. The topological polar surface area (TPSA) is 38.7 Å². The molecule has 0 aromatic heterocycles. The summed E-state index contributed by atoms with van der Waals surface area (Å²) in [5, 5.41) is 11.2. The fourth-order valence-electron chi connectivity index (χ4n) is 2.13. The predicted molar refractivity (Wildman–Crippen MR) is 87.4 cm³/mol. The Morgan fingerprint density at radius 3 is 2.43 bits per heavy atom. The van der Waals surface area contributed by atoms with E-state index in [1.807, 2.05) is 24.3 Å². The molecule has 1 N–H and O–H groups in total. The second-order valence-electron chi connectivity index (χ2n) is 4.54. The lowest BCUT2D eigenvalue weighted by Gasteiger charge is -2.17. The summed E-state index contributed by atoms with van der Waals surface area (Å²) in [4.78, 5) is 0. The minimum Gasteiger partial charge on any atom is -0.496 e. The Morgan fingerprint density at radius 2 is 1.81 bits per heavy atom. The highest BCUT2D eigenvalue weighted by molar-refractivity contribution is 9.10. The van der Waals surface area contributed by atoms with Crippen LogP contribution in [0.15, 0.2) is 40.9 Å². The normalized spacial score (nSPS) is 12.0. The number of aliphatic hydroxyl groups is 1. The van der Waals surface area contributed by atoms with Gasteiger partial charge in [0.2, 0.25) is 0 Å². The zero-order valence-electron chi connectivity index (χ0n) is 11.8. The van der Waals surface area contributed by atoms with E-state index < -0.39 is 6.10 Å². The smallest absolute Gasteiger partial charge is 0.133 e. The molecular weight excluding hydrogens is 356 g/mol. The van der Waals surface area contributed by atoms with Gasteiger partial charge in [0.1, 0.15) is 11.5 Å². The lowest BCUT2D eigenvalue weighted by atomic mass is 10.0. The van der Waals surface area contributed by atoms with E-state index in [1.54, 1.807) is 26.4 Å². The van der Waals surface area contributed by atoms with Crippen LogP contribution in [0.1, 0.15) is 17.2 Å². The van der Waals surface area contributed by atoms with Crippen LogP contribution in [0.2, 0.25) is 5.02 Å². The molecule has 112 valence electrons. The average Bonchev–Trinajstić information content (AvgIpc) is 2.49. The molecule has 21 heavy (non-hydrogen) atoms. The zero-order chi connectivity index (χ0) is 15.4. The van der Waals surface area contributed by atoms with Crippen molar-refractivity contribution >= 4 is 27.5 Å². The number of halogens is 2. The van der Waals surface area contributed by atoms with E-state index in [0.29, 0.717) is 28.5 Å². The molecule has 0 heterocycles. The van der Waals surface area contributed by atoms with Crippen molar-refractivity contribution < 1.29 is 14.6 Å². The summed E-state index contributed by atoms with van der Waals surface area (Å²) in [6, 6.07) is 11.0. The van der Waals surface area contributed by atoms with Crippen molar-refractivity contribution in [2.24, 2.45) is 0 Å². The number of ether oxygens (including phenoxy) is 2. The largest absolute Gasteiger partial charge is 0.496 e. The van der Waals surface area contributed by atoms with Crippen molar-refractivity contribution in [1.29, 1.82) is 0 Å². The van der Waals surface area contributed by atoms with E-state index in [0.717, 1.165) is 10.0 Å². The molecule has 0 spiro atoms. The summed E-state index contributed by atoms with van der Waals surface area (Å²) < 4.78 is 11.4. The molecule has 0 aliphatic carbocycles. The Kier molecular flexibility index (Phi) is 5.51. The van der Waals surface area contributed by atoms with E-state index in [9.17, 15) is 5.11 Å². The third-order valence-corrected chi connectivity index (χ3v) is 4.22. The fraction of sp³-hybridized carbons (Fsp3) is 0.250. The SMILES string of the molecule is COc1cc(C(O)Cc2ccccc2Cl)c(OC)cc1Br. The molecule has 5 heteroatoms. The van der Waals surface area contributed by atoms with Crippen LogP contribution < -0.4 is 9.47 Å². The summed E-state index contributed by atoms with van der Waals surface area (Å²) in [5.41, 5.74) is 1.55. The molecule has 3 nitrogen and oxygen atoms in total. The van der Waals surface area contributed by atoms with E-state index in [2.05, 4.69) is 15.9 Å². The monoisotopic (exact) mass is 370 g/mol. The molecule has 0 saturated carbocycles. The summed E-state index contributed by atoms with van der Waals surface area (Å²) in [6.07, 6.45) is -0.331. The van der Waals surface area contributed by atoms with Gasteiger partial charge in [0.25, 0.3) is 0 Å². The molecule has 1 unspecified atom stereocenters. The number of methoxy groups -OCH3 is 2. The first-order valence-corrected chi connectivity index (χ1v) is 7.56. The predicted octanol–water partition coefficient (Wildman–Crippen LogP) is 4.40. The molecule has 2 aromatic carbocycles. The van der Waals surface area contributed by atoms with Crippen LogP contribution in [0.5, 0.6) is 11.5 Å². The maximum atomic E-state index is 10.5. The van der Waals surface area contributed by atoms with Crippen LogP contribution in [0, 0.1) is 0 Å². The molecule has 2 rings (SSSR count). The van der Waals surface area contributed by atoms with E-state index in [1.165, 1.54) is 0 Å². The number of aliphatic hydroxyl groups excluding tert-OH is 1. The van der Waals surface area contributed by atoms with Gasteiger partial charge in [0, 0.05) is 17.0 Å². The fourth-order valence-corrected chi connectivity index (χ4v) is 2.82. The van der Waals surface area contributed by atoms with Crippen molar-refractivity contribution in [2.75, 3.05) is 14.2 Å². The van der Waals surface area contributed by atoms with Gasteiger partial charge in [0.05, 0.1) is 24.8 Å². The molecule has 2 aromatic rings. The maximum absolute atomic E-state index is 10.5. The van der Waals surface area contributed by atoms with Crippen LogP contribution in [0.25, 0.3) is 0 Å². The third-order valence-electron chi connectivity index (χ3n) is 3.23. The van der Waals surface area contributed by atoms with E-state index in [4.69, 9.17) is 21.1 Å². The van der Waals surface area contributed by atoms with Crippen LogP contribution in [-0.2, 0) is 6.42 Å². The van der Waals surface area contributed by atoms with Gasteiger partial charge in [0.15, 0.2) is 0 Å². The van der Waals surface area contributed by atoms with Crippen molar-refractivity contribution in [3.63, 3.8) is 0 Å². The van der Waals surface area contributed by atoms with Gasteiger partial charge in [-0.05, 0) is 39.7 Å². The highest BCUT2D eigenvalue weighted by Crippen LogP contribution is 2.37. The molecule has 0 amide bonds. The summed E-state index contributed by atoms with van der Waals surface area (Å²) >= 11 is 9.54. The van der Waals surface area contributed by atoms with Crippen molar-refractivity contribution in [1.82, 2.24) is 0 Å². The van der Waals surface area contributed by atoms with Crippen LogP contribution in [0.4, 0.5) is 0 Å². The second-order valence-corrected chi connectivity index (χ2v) is 5.80. The number of hydrogen-bond donors (Lipinski definition) is 1. The molecule has 0 saturated heterocycles. The van der Waals surface area contributed by atoms with E-state index >= 15 is 0 Å². The summed E-state index contributed by atoms with van der Waals surface area (Å²) in [7, 11) is 3.15. The maximum Gasteiger partial charge on any atom is 0.133 e. The second kappa shape index (κ2) is 7.16.